The Labute approximate surface area is 186 Å². The predicted molar refractivity (Wildman–Crippen MR) is 126 cm³/mol. The van der Waals surface area contributed by atoms with Crippen molar-refractivity contribution >= 4 is 46.2 Å². The van der Waals surface area contributed by atoms with Gasteiger partial charge in [0, 0.05) is 0 Å². The van der Waals surface area contributed by atoms with Crippen LogP contribution in [-0.2, 0) is 9.59 Å². The highest BCUT2D eigenvalue weighted by molar-refractivity contribution is 6.33. The molecule has 1 heterocycles. The molecule has 6 heteroatoms. The Hall–Kier alpha value is -3.44. The SMILES string of the molecule is Cc1ccc(C2=Nc3ccccc3N(CC(=O)Nc3ccccc3Cl)C(=O)C2)cc1C. The van der Waals surface area contributed by atoms with Gasteiger partial charge >= 0.3 is 0 Å². The van der Waals surface area contributed by atoms with Crippen LogP contribution >= 0.6 is 11.6 Å². The largest absolute Gasteiger partial charge is 0.323 e. The average Bonchev–Trinajstić information content (AvgIpc) is 2.88. The van der Waals surface area contributed by atoms with Crippen molar-refractivity contribution in [2.45, 2.75) is 20.3 Å². The van der Waals surface area contributed by atoms with Gasteiger partial charge in [-0.05, 0) is 60.9 Å². The van der Waals surface area contributed by atoms with Gasteiger partial charge in [-0.1, -0.05) is 48.0 Å². The fourth-order valence-electron chi connectivity index (χ4n) is 3.50. The molecule has 0 radical (unpaired) electrons. The summed E-state index contributed by atoms with van der Waals surface area (Å²) in [6.45, 7) is 3.96. The summed E-state index contributed by atoms with van der Waals surface area (Å²) in [6.07, 6.45) is 0.108. The number of hydrogen-bond donors (Lipinski definition) is 1. The fraction of sp³-hybridized carbons (Fsp3) is 0.160. The molecule has 0 fully saturated rings. The molecule has 3 aromatic carbocycles. The van der Waals surface area contributed by atoms with E-state index < -0.39 is 0 Å². The first-order valence-corrected chi connectivity index (χ1v) is 10.4. The van der Waals surface area contributed by atoms with E-state index in [1.807, 2.05) is 56.3 Å². The number of aliphatic imine (C=N–C) groups is 1. The molecular formula is C25H22ClN3O2. The number of halogens is 1. The molecule has 156 valence electrons. The number of hydrogen-bond acceptors (Lipinski definition) is 3. The molecule has 0 bridgehead atoms. The van der Waals surface area contributed by atoms with Gasteiger partial charge in [0.1, 0.15) is 6.54 Å². The summed E-state index contributed by atoms with van der Waals surface area (Å²) in [6, 6.07) is 20.4. The molecule has 0 aromatic heterocycles. The van der Waals surface area contributed by atoms with Crippen molar-refractivity contribution in [3.05, 3.63) is 88.4 Å². The average molecular weight is 432 g/mol. The van der Waals surface area contributed by atoms with Crippen LogP contribution in [0.15, 0.2) is 71.7 Å². The molecule has 3 aromatic rings. The molecule has 1 aliphatic rings. The van der Waals surface area contributed by atoms with Crippen LogP contribution in [0.5, 0.6) is 0 Å². The van der Waals surface area contributed by atoms with Gasteiger partial charge in [-0.2, -0.15) is 0 Å². The molecule has 0 saturated carbocycles. The minimum Gasteiger partial charge on any atom is -0.323 e. The monoisotopic (exact) mass is 431 g/mol. The number of amides is 2. The van der Waals surface area contributed by atoms with E-state index in [0.29, 0.717) is 27.8 Å². The zero-order chi connectivity index (χ0) is 22.0. The van der Waals surface area contributed by atoms with Crippen LogP contribution in [0.1, 0.15) is 23.1 Å². The van der Waals surface area contributed by atoms with Crippen molar-refractivity contribution < 1.29 is 9.59 Å². The smallest absolute Gasteiger partial charge is 0.244 e. The molecule has 4 rings (SSSR count). The predicted octanol–water partition coefficient (Wildman–Crippen LogP) is 5.45. The summed E-state index contributed by atoms with van der Waals surface area (Å²) in [5, 5.41) is 3.23. The fourth-order valence-corrected chi connectivity index (χ4v) is 3.68. The highest BCUT2D eigenvalue weighted by Gasteiger charge is 2.26. The number of benzene rings is 3. The maximum atomic E-state index is 13.2. The maximum Gasteiger partial charge on any atom is 0.244 e. The van der Waals surface area contributed by atoms with E-state index in [-0.39, 0.29) is 24.8 Å². The van der Waals surface area contributed by atoms with Crippen molar-refractivity contribution in [1.82, 2.24) is 0 Å². The van der Waals surface area contributed by atoms with Gasteiger partial charge in [0.25, 0.3) is 0 Å². The third-order valence-electron chi connectivity index (χ3n) is 5.34. The van der Waals surface area contributed by atoms with E-state index in [4.69, 9.17) is 16.6 Å². The van der Waals surface area contributed by atoms with Gasteiger partial charge in [0.05, 0.1) is 34.2 Å². The second kappa shape index (κ2) is 8.74. The van der Waals surface area contributed by atoms with E-state index in [1.165, 1.54) is 10.5 Å². The van der Waals surface area contributed by atoms with E-state index in [9.17, 15) is 9.59 Å². The Morgan fingerprint density at radius 3 is 2.55 bits per heavy atom. The van der Waals surface area contributed by atoms with Gasteiger partial charge in [-0.25, -0.2) is 0 Å². The van der Waals surface area contributed by atoms with Crippen LogP contribution in [0, 0.1) is 13.8 Å². The van der Waals surface area contributed by atoms with Gasteiger partial charge in [-0.15, -0.1) is 0 Å². The summed E-state index contributed by atoms with van der Waals surface area (Å²) in [5.74, 6) is -0.512. The Bertz CT molecular complexity index is 1200. The summed E-state index contributed by atoms with van der Waals surface area (Å²) < 4.78 is 0. The third kappa shape index (κ3) is 4.52. The number of rotatable bonds is 4. The van der Waals surface area contributed by atoms with Gasteiger partial charge in [-0.3, -0.25) is 14.6 Å². The topological polar surface area (TPSA) is 61.8 Å². The van der Waals surface area contributed by atoms with Crippen LogP contribution in [-0.4, -0.2) is 24.1 Å². The van der Waals surface area contributed by atoms with Gasteiger partial charge in [0.15, 0.2) is 0 Å². The lowest BCUT2D eigenvalue weighted by atomic mass is 10.0. The number of carbonyl (C=O) groups excluding carboxylic acids is 2. The van der Waals surface area contributed by atoms with E-state index in [0.717, 1.165) is 11.1 Å². The molecular weight excluding hydrogens is 410 g/mol. The maximum absolute atomic E-state index is 13.2. The molecule has 2 amide bonds. The van der Waals surface area contributed by atoms with Crippen molar-refractivity contribution in [1.29, 1.82) is 0 Å². The molecule has 1 aliphatic heterocycles. The molecule has 0 spiro atoms. The number of nitrogens with one attached hydrogen (secondary N) is 1. The van der Waals surface area contributed by atoms with Crippen LogP contribution in [0.3, 0.4) is 0 Å². The molecule has 0 saturated heterocycles. The highest BCUT2D eigenvalue weighted by Crippen LogP contribution is 2.33. The Morgan fingerprint density at radius 1 is 1.03 bits per heavy atom. The van der Waals surface area contributed by atoms with Crippen LogP contribution in [0.4, 0.5) is 17.1 Å². The lowest BCUT2D eigenvalue weighted by molar-refractivity contribution is -0.120. The number of carbonyl (C=O) groups is 2. The molecule has 5 nitrogen and oxygen atoms in total. The highest BCUT2D eigenvalue weighted by atomic mass is 35.5. The summed E-state index contributed by atoms with van der Waals surface area (Å²) in [5.41, 5.74) is 5.71. The number of para-hydroxylation sites is 3. The molecule has 31 heavy (non-hydrogen) atoms. The van der Waals surface area contributed by atoms with E-state index in [1.54, 1.807) is 24.3 Å². The summed E-state index contributed by atoms with van der Waals surface area (Å²) >= 11 is 6.14. The second-order valence-electron chi connectivity index (χ2n) is 7.53. The van der Waals surface area contributed by atoms with Crippen molar-refractivity contribution in [3.63, 3.8) is 0 Å². The first kappa shape index (κ1) is 20.8. The van der Waals surface area contributed by atoms with Crippen molar-refractivity contribution in [3.8, 4) is 0 Å². The zero-order valence-electron chi connectivity index (χ0n) is 17.4. The summed E-state index contributed by atoms with van der Waals surface area (Å²) in [4.78, 5) is 32.2. The standard InChI is InChI=1S/C25H22ClN3O2/c1-16-11-12-18(13-17(16)2)22-14-25(31)29(23-10-6-5-9-21(23)27-22)15-24(30)28-20-8-4-3-7-19(20)26/h3-13H,14-15H2,1-2H3,(H,28,30). The number of aryl methyl sites for hydroxylation is 2. The lowest BCUT2D eigenvalue weighted by Crippen LogP contribution is -2.38. The third-order valence-corrected chi connectivity index (χ3v) is 5.67. The summed E-state index contributed by atoms with van der Waals surface area (Å²) in [7, 11) is 0. The van der Waals surface area contributed by atoms with Crippen molar-refractivity contribution in [2.24, 2.45) is 4.99 Å². The minimum atomic E-state index is -0.328. The first-order valence-electron chi connectivity index (χ1n) is 10.0. The van der Waals surface area contributed by atoms with Crippen LogP contribution in [0.25, 0.3) is 0 Å². The van der Waals surface area contributed by atoms with E-state index >= 15 is 0 Å². The molecule has 1 N–H and O–H groups in total. The lowest BCUT2D eigenvalue weighted by Gasteiger charge is -2.22. The van der Waals surface area contributed by atoms with Gasteiger partial charge in [0.2, 0.25) is 11.8 Å². The van der Waals surface area contributed by atoms with Gasteiger partial charge < -0.3 is 10.2 Å². The quantitative estimate of drug-likeness (QED) is 0.596. The Morgan fingerprint density at radius 2 is 1.77 bits per heavy atom. The zero-order valence-corrected chi connectivity index (χ0v) is 18.1. The molecule has 0 atom stereocenters. The normalized spacial score (nSPS) is 13.3. The number of nitrogens with zero attached hydrogens (tertiary/aromatic N) is 2. The Balaban J connectivity index is 1.63. The Kier molecular flexibility index (Phi) is 5.87. The van der Waals surface area contributed by atoms with Crippen LogP contribution in [0.2, 0.25) is 5.02 Å². The second-order valence-corrected chi connectivity index (χ2v) is 7.94. The van der Waals surface area contributed by atoms with Crippen molar-refractivity contribution in [2.75, 3.05) is 16.8 Å². The van der Waals surface area contributed by atoms with E-state index in [2.05, 4.69) is 5.32 Å². The van der Waals surface area contributed by atoms with Crippen LogP contribution < -0.4 is 10.2 Å². The first-order chi connectivity index (χ1) is 14.9. The minimum absolute atomic E-state index is 0.108. The molecule has 0 aliphatic carbocycles. The molecule has 0 unspecified atom stereocenters. The number of fused-ring (bicyclic) bond motifs is 1. The number of anilines is 2.